The molecule has 23 heavy (non-hydrogen) atoms. The molecule has 0 fully saturated rings. The lowest BCUT2D eigenvalue weighted by Gasteiger charge is -2.03. The van der Waals surface area contributed by atoms with E-state index in [1.54, 1.807) is 6.20 Å². The van der Waals surface area contributed by atoms with Crippen LogP contribution in [0.15, 0.2) is 71.4 Å². The zero-order valence-electron chi connectivity index (χ0n) is 12.1. The fourth-order valence-corrected chi connectivity index (χ4v) is 2.93. The summed E-state index contributed by atoms with van der Waals surface area (Å²) in [6.07, 6.45) is 3.57. The van der Waals surface area contributed by atoms with Crippen molar-refractivity contribution in [3.05, 3.63) is 67.0 Å². The van der Waals surface area contributed by atoms with E-state index in [-0.39, 0.29) is 0 Å². The van der Waals surface area contributed by atoms with Crippen molar-refractivity contribution in [2.45, 2.75) is 0 Å². The Balaban J connectivity index is 1.87. The van der Waals surface area contributed by atoms with Crippen LogP contribution in [-0.2, 0) is 0 Å². The number of aromatic nitrogens is 3. The lowest BCUT2D eigenvalue weighted by Crippen LogP contribution is -1.92. The van der Waals surface area contributed by atoms with Crippen LogP contribution in [0, 0.1) is 0 Å². The van der Waals surface area contributed by atoms with Gasteiger partial charge in [0.05, 0.1) is 10.9 Å². The average molecular weight is 297 g/mol. The Kier molecular flexibility index (Phi) is 2.46. The molecule has 0 amide bonds. The Morgan fingerprint density at radius 3 is 2.65 bits per heavy atom. The molecular weight excluding hydrogens is 286 g/mol. The third-order valence-electron chi connectivity index (χ3n) is 3.99. The monoisotopic (exact) mass is 297 g/mol. The number of nitrogens with zero attached hydrogens (tertiary/aromatic N) is 3. The second kappa shape index (κ2) is 4.61. The molecule has 108 valence electrons. The number of fused-ring (bicyclic) bond motifs is 4. The number of hydrogen-bond donors (Lipinski definition) is 0. The van der Waals surface area contributed by atoms with Crippen LogP contribution < -0.4 is 0 Å². The van der Waals surface area contributed by atoms with E-state index in [0.29, 0.717) is 5.82 Å². The highest BCUT2D eigenvalue weighted by atomic mass is 16.3. The van der Waals surface area contributed by atoms with E-state index in [1.165, 1.54) is 0 Å². The van der Waals surface area contributed by atoms with Crippen LogP contribution in [0.25, 0.3) is 44.4 Å². The Morgan fingerprint density at radius 2 is 1.65 bits per heavy atom. The molecule has 0 saturated carbocycles. The van der Waals surface area contributed by atoms with Gasteiger partial charge < -0.3 is 4.42 Å². The smallest absolute Gasteiger partial charge is 0.179 e. The van der Waals surface area contributed by atoms with Crippen LogP contribution in [-0.4, -0.2) is 15.0 Å². The molecule has 0 aliphatic carbocycles. The van der Waals surface area contributed by atoms with Crippen molar-refractivity contribution in [3.8, 4) is 11.5 Å². The number of rotatable bonds is 1. The predicted octanol–water partition coefficient (Wildman–Crippen LogP) is 4.59. The van der Waals surface area contributed by atoms with Gasteiger partial charge in [0.2, 0.25) is 0 Å². The van der Waals surface area contributed by atoms with E-state index in [0.717, 1.165) is 38.5 Å². The topological polar surface area (TPSA) is 51.8 Å². The number of pyridine rings is 1. The summed E-state index contributed by atoms with van der Waals surface area (Å²) in [4.78, 5) is 13.7. The minimum absolute atomic E-state index is 0.612. The number of para-hydroxylation sites is 2. The first kappa shape index (κ1) is 12.3. The van der Waals surface area contributed by atoms with E-state index in [2.05, 4.69) is 15.0 Å². The molecule has 5 rings (SSSR count). The van der Waals surface area contributed by atoms with Gasteiger partial charge in [-0.25, -0.2) is 9.97 Å². The molecule has 2 aromatic carbocycles. The molecule has 4 nitrogen and oxygen atoms in total. The minimum atomic E-state index is 0.612. The van der Waals surface area contributed by atoms with Gasteiger partial charge in [0.25, 0.3) is 0 Å². The SMILES string of the molecule is c1ccc2nc(-c3nccc4oc5ccccc5c34)ncc2c1. The quantitative estimate of drug-likeness (QED) is 0.454. The van der Waals surface area contributed by atoms with Crippen LogP contribution >= 0.6 is 0 Å². The van der Waals surface area contributed by atoms with Gasteiger partial charge in [-0.3, -0.25) is 4.98 Å². The van der Waals surface area contributed by atoms with Crippen molar-refractivity contribution in [1.29, 1.82) is 0 Å². The van der Waals surface area contributed by atoms with Crippen molar-refractivity contribution in [3.63, 3.8) is 0 Å². The number of hydrogen-bond acceptors (Lipinski definition) is 4. The Labute approximate surface area is 131 Å². The van der Waals surface area contributed by atoms with Gasteiger partial charge in [-0.1, -0.05) is 36.4 Å². The average Bonchev–Trinajstić information content (AvgIpc) is 3.00. The fourth-order valence-electron chi connectivity index (χ4n) is 2.93. The van der Waals surface area contributed by atoms with Crippen molar-refractivity contribution in [2.75, 3.05) is 0 Å². The number of furan rings is 1. The van der Waals surface area contributed by atoms with Crippen LogP contribution in [0.3, 0.4) is 0 Å². The molecule has 3 heterocycles. The lowest BCUT2D eigenvalue weighted by atomic mass is 10.1. The second-order valence-electron chi connectivity index (χ2n) is 5.38. The largest absolute Gasteiger partial charge is 0.456 e. The van der Waals surface area contributed by atoms with Gasteiger partial charge in [0.1, 0.15) is 16.9 Å². The summed E-state index contributed by atoms with van der Waals surface area (Å²) in [6, 6.07) is 17.8. The molecule has 5 aromatic rings. The molecule has 0 spiro atoms. The molecule has 0 radical (unpaired) electrons. The summed E-state index contributed by atoms with van der Waals surface area (Å²) in [7, 11) is 0. The first-order chi connectivity index (χ1) is 11.4. The van der Waals surface area contributed by atoms with E-state index in [1.807, 2.05) is 60.8 Å². The zero-order chi connectivity index (χ0) is 15.2. The lowest BCUT2D eigenvalue weighted by molar-refractivity contribution is 0.668. The van der Waals surface area contributed by atoms with E-state index < -0.39 is 0 Å². The molecule has 4 heteroatoms. The predicted molar refractivity (Wildman–Crippen MR) is 90.0 cm³/mol. The summed E-state index contributed by atoms with van der Waals surface area (Å²) in [5, 5.41) is 3.00. The first-order valence-electron chi connectivity index (χ1n) is 7.38. The van der Waals surface area contributed by atoms with Gasteiger partial charge in [-0.2, -0.15) is 0 Å². The molecule has 0 bridgehead atoms. The maximum Gasteiger partial charge on any atom is 0.179 e. The summed E-state index contributed by atoms with van der Waals surface area (Å²) >= 11 is 0. The Morgan fingerprint density at radius 1 is 0.783 bits per heavy atom. The van der Waals surface area contributed by atoms with E-state index >= 15 is 0 Å². The van der Waals surface area contributed by atoms with Crippen LogP contribution in [0.5, 0.6) is 0 Å². The highest BCUT2D eigenvalue weighted by Crippen LogP contribution is 2.33. The highest BCUT2D eigenvalue weighted by Gasteiger charge is 2.15. The Bertz CT molecular complexity index is 1180. The van der Waals surface area contributed by atoms with Gasteiger partial charge in [-0.05, 0) is 18.2 Å². The zero-order valence-corrected chi connectivity index (χ0v) is 12.1. The first-order valence-corrected chi connectivity index (χ1v) is 7.38. The normalized spacial score (nSPS) is 11.5. The third kappa shape index (κ3) is 1.82. The van der Waals surface area contributed by atoms with E-state index in [4.69, 9.17) is 4.42 Å². The molecule has 0 aliphatic heterocycles. The molecule has 0 N–H and O–H groups in total. The maximum absolute atomic E-state index is 5.91. The summed E-state index contributed by atoms with van der Waals surface area (Å²) in [6.45, 7) is 0. The van der Waals surface area contributed by atoms with Crippen molar-refractivity contribution < 1.29 is 4.42 Å². The molecule has 0 aliphatic rings. The van der Waals surface area contributed by atoms with Gasteiger partial charge in [0.15, 0.2) is 5.82 Å². The summed E-state index contributed by atoms with van der Waals surface area (Å²) in [5.74, 6) is 0.612. The molecule has 3 aromatic heterocycles. The van der Waals surface area contributed by atoms with Crippen molar-refractivity contribution >= 4 is 32.8 Å². The molecule has 0 atom stereocenters. The molecule has 0 unspecified atom stereocenters. The Hall–Kier alpha value is -3.27. The van der Waals surface area contributed by atoms with Crippen LogP contribution in [0.4, 0.5) is 0 Å². The second-order valence-corrected chi connectivity index (χ2v) is 5.38. The molecular formula is C19H11N3O. The van der Waals surface area contributed by atoms with Crippen LogP contribution in [0.2, 0.25) is 0 Å². The minimum Gasteiger partial charge on any atom is -0.456 e. The van der Waals surface area contributed by atoms with Crippen LogP contribution in [0.1, 0.15) is 0 Å². The summed E-state index contributed by atoms with van der Waals surface area (Å²) in [5.41, 5.74) is 3.30. The van der Waals surface area contributed by atoms with Crippen molar-refractivity contribution in [1.82, 2.24) is 15.0 Å². The van der Waals surface area contributed by atoms with Crippen molar-refractivity contribution in [2.24, 2.45) is 0 Å². The van der Waals surface area contributed by atoms with E-state index in [9.17, 15) is 0 Å². The standard InChI is InChI=1S/C19H11N3O/c1-3-7-14-12(5-1)11-21-19(22-14)18-17-13-6-2-4-8-15(13)23-16(17)9-10-20-18/h1-11H. The van der Waals surface area contributed by atoms with Gasteiger partial charge >= 0.3 is 0 Å². The maximum atomic E-state index is 5.91. The fraction of sp³-hybridized carbons (Fsp3) is 0. The summed E-state index contributed by atoms with van der Waals surface area (Å²) < 4.78 is 5.91. The third-order valence-corrected chi connectivity index (χ3v) is 3.99. The highest BCUT2D eigenvalue weighted by molar-refractivity contribution is 6.10. The van der Waals surface area contributed by atoms with Gasteiger partial charge in [0, 0.05) is 23.2 Å². The molecule has 0 saturated heterocycles. The number of benzene rings is 2. The van der Waals surface area contributed by atoms with Gasteiger partial charge in [-0.15, -0.1) is 0 Å².